The molecule has 2 aromatic rings. The average Bonchev–Trinajstić information content (AvgIpc) is 2.92. The molecule has 17 heavy (non-hydrogen) atoms. The molecule has 0 aliphatic carbocycles. The van der Waals surface area contributed by atoms with Gasteiger partial charge in [0, 0.05) is 0 Å². The molecule has 2 rings (SSSR count). The van der Waals surface area contributed by atoms with Crippen LogP contribution in [0.15, 0.2) is 48.5 Å². The Balaban J connectivity index is 0.000000284. The maximum absolute atomic E-state index is 2.20. The van der Waals surface area contributed by atoms with Crippen molar-refractivity contribution in [3.63, 3.8) is 0 Å². The molecule has 1 heteroatoms. The third-order valence-electron chi connectivity index (χ3n) is 2.54. The van der Waals surface area contributed by atoms with E-state index in [1.165, 1.54) is 36.8 Å². The van der Waals surface area contributed by atoms with Crippen LogP contribution in [0.25, 0.3) is 0 Å². The van der Waals surface area contributed by atoms with E-state index >= 15 is 0 Å². The van der Waals surface area contributed by atoms with Crippen LogP contribution in [0.2, 0.25) is 0 Å². The van der Waals surface area contributed by atoms with Gasteiger partial charge in [-0.15, -0.1) is 0 Å². The first-order valence-electron chi connectivity index (χ1n) is 6.28. The van der Waals surface area contributed by atoms with Crippen LogP contribution in [0.3, 0.4) is 0 Å². The maximum Gasteiger partial charge on any atom is 2.00 e. The van der Waals surface area contributed by atoms with Crippen LogP contribution in [0.5, 0.6) is 0 Å². The normalized spacial score (nSPS) is 9.06. The molecule has 0 saturated carbocycles. The van der Waals surface area contributed by atoms with Gasteiger partial charge in [-0.1, -0.05) is 39.5 Å². The molecule has 0 unspecified atom stereocenters. The van der Waals surface area contributed by atoms with Gasteiger partial charge in [-0.3, -0.25) is 0 Å². The number of aryl methyl sites for hydroxylation is 2. The van der Waals surface area contributed by atoms with Crippen molar-refractivity contribution in [1.29, 1.82) is 0 Å². The van der Waals surface area contributed by atoms with E-state index < -0.39 is 0 Å². The van der Waals surface area contributed by atoms with Gasteiger partial charge >= 0.3 is 19.5 Å². The van der Waals surface area contributed by atoms with E-state index in [4.69, 9.17) is 0 Å². The molecular weight excluding hydrogens is 258 g/mol. The van der Waals surface area contributed by atoms with E-state index in [0.717, 1.165) is 0 Å². The number of hydrogen-bond donors (Lipinski definition) is 0. The minimum atomic E-state index is 0. The molecule has 88 valence electrons. The Labute approximate surface area is 119 Å². The summed E-state index contributed by atoms with van der Waals surface area (Å²) in [4.78, 5) is 0. The average molecular weight is 280 g/mol. The fourth-order valence-electron chi connectivity index (χ4n) is 1.74. The first kappa shape index (κ1) is 16.3. The molecule has 0 heterocycles. The Morgan fingerprint density at radius 1 is 0.647 bits per heavy atom. The summed E-state index contributed by atoms with van der Waals surface area (Å²) in [6, 6.07) is 17.0. The second-order valence-electron chi connectivity index (χ2n) is 4.09. The summed E-state index contributed by atoms with van der Waals surface area (Å²) in [7, 11) is 0. The summed E-state index contributed by atoms with van der Waals surface area (Å²) in [5.41, 5.74) is 2.93. The van der Waals surface area contributed by atoms with Crippen LogP contribution in [0.4, 0.5) is 0 Å². The molecule has 0 spiro atoms. The van der Waals surface area contributed by atoms with Gasteiger partial charge in [0.15, 0.2) is 0 Å². The zero-order chi connectivity index (χ0) is 11.6. The van der Waals surface area contributed by atoms with Crippen molar-refractivity contribution >= 4 is 0 Å². The zero-order valence-electron chi connectivity index (χ0n) is 11.2. The first-order valence-corrected chi connectivity index (χ1v) is 6.28. The van der Waals surface area contributed by atoms with Crippen molar-refractivity contribution in [1.82, 2.24) is 0 Å². The van der Waals surface area contributed by atoms with Gasteiger partial charge in [0.05, 0.1) is 0 Å². The Bertz CT molecular complexity index is 293. The molecule has 0 atom stereocenters. The summed E-state index contributed by atoms with van der Waals surface area (Å²) >= 11 is 0. The van der Waals surface area contributed by atoms with E-state index in [1.807, 2.05) is 0 Å². The smallest absolute Gasteiger partial charge is 0.213 e. The molecule has 0 radical (unpaired) electrons. The van der Waals surface area contributed by atoms with Crippen LogP contribution in [-0.4, -0.2) is 0 Å². The standard InChI is InChI=1S/2C8H11.Zn/c2*1-2-5-8-6-3-4-7-8;/h2*3-4,6-7H,2,5H2,1H3;/q2*-1;+2. The molecule has 0 amide bonds. The van der Waals surface area contributed by atoms with Crippen molar-refractivity contribution in [2.24, 2.45) is 0 Å². The van der Waals surface area contributed by atoms with Gasteiger partial charge in [0.2, 0.25) is 0 Å². The van der Waals surface area contributed by atoms with Crippen LogP contribution < -0.4 is 0 Å². The molecule has 0 nitrogen and oxygen atoms in total. The zero-order valence-corrected chi connectivity index (χ0v) is 14.1. The summed E-state index contributed by atoms with van der Waals surface area (Å²) in [6.45, 7) is 4.40. The van der Waals surface area contributed by atoms with Gasteiger partial charge in [-0.05, 0) is 0 Å². The van der Waals surface area contributed by atoms with E-state index in [9.17, 15) is 0 Å². The Kier molecular flexibility index (Phi) is 10.1. The van der Waals surface area contributed by atoms with Crippen molar-refractivity contribution in [2.45, 2.75) is 39.5 Å². The summed E-state index contributed by atoms with van der Waals surface area (Å²) in [6.07, 6.45) is 4.97. The van der Waals surface area contributed by atoms with Gasteiger partial charge in [0.25, 0.3) is 0 Å². The molecule has 0 bridgehead atoms. The van der Waals surface area contributed by atoms with Gasteiger partial charge in [-0.25, -0.2) is 24.3 Å². The van der Waals surface area contributed by atoms with Crippen molar-refractivity contribution in [2.75, 3.05) is 0 Å². The van der Waals surface area contributed by atoms with Crippen molar-refractivity contribution in [3.05, 3.63) is 59.7 Å². The Morgan fingerprint density at radius 2 is 0.941 bits per heavy atom. The molecular formula is C16H22Zn. The van der Waals surface area contributed by atoms with Crippen LogP contribution in [0.1, 0.15) is 37.8 Å². The Morgan fingerprint density at radius 3 is 1.18 bits per heavy atom. The molecule has 2 aromatic carbocycles. The molecule has 0 aliphatic rings. The van der Waals surface area contributed by atoms with Crippen LogP contribution in [-0.2, 0) is 32.3 Å². The van der Waals surface area contributed by atoms with E-state index in [0.29, 0.717) is 0 Å². The summed E-state index contributed by atoms with van der Waals surface area (Å²) in [5, 5.41) is 0. The SMILES string of the molecule is CCC[c-]1cccc1.CCC[c-]1cccc1.[Zn+2]. The van der Waals surface area contributed by atoms with E-state index in [1.54, 1.807) is 0 Å². The van der Waals surface area contributed by atoms with E-state index in [-0.39, 0.29) is 19.5 Å². The predicted octanol–water partition coefficient (Wildman–Crippen LogP) is 4.71. The fourth-order valence-corrected chi connectivity index (χ4v) is 1.74. The van der Waals surface area contributed by atoms with Crippen molar-refractivity contribution < 1.29 is 19.5 Å². The second kappa shape index (κ2) is 10.5. The summed E-state index contributed by atoms with van der Waals surface area (Å²) < 4.78 is 0. The first-order chi connectivity index (χ1) is 7.86. The quantitative estimate of drug-likeness (QED) is 0.561. The largest absolute Gasteiger partial charge is 2.00 e. The molecule has 0 aliphatic heterocycles. The third-order valence-corrected chi connectivity index (χ3v) is 2.54. The second-order valence-corrected chi connectivity index (χ2v) is 4.09. The topological polar surface area (TPSA) is 0 Å². The van der Waals surface area contributed by atoms with Crippen LogP contribution in [0, 0.1) is 0 Å². The molecule has 0 aromatic heterocycles. The van der Waals surface area contributed by atoms with Gasteiger partial charge in [0.1, 0.15) is 0 Å². The minimum absolute atomic E-state index is 0. The van der Waals surface area contributed by atoms with Gasteiger partial charge < -0.3 is 0 Å². The summed E-state index contributed by atoms with van der Waals surface area (Å²) in [5.74, 6) is 0. The fraction of sp³-hybridized carbons (Fsp3) is 0.375. The number of hydrogen-bond acceptors (Lipinski definition) is 0. The predicted molar refractivity (Wildman–Crippen MR) is 72.1 cm³/mol. The minimum Gasteiger partial charge on any atom is -0.213 e. The number of rotatable bonds is 4. The monoisotopic (exact) mass is 278 g/mol. The van der Waals surface area contributed by atoms with E-state index in [2.05, 4.69) is 62.4 Å². The van der Waals surface area contributed by atoms with Crippen molar-refractivity contribution in [3.8, 4) is 0 Å². The molecule has 0 saturated heterocycles. The Hall–Kier alpha value is -0.677. The maximum atomic E-state index is 2.20. The third kappa shape index (κ3) is 7.28. The molecule has 0 N–H and O–H groups in total. The van der Waals surface area contributed by atoms with Gasteiger partial charge in [-0.2, -0.15) is 35.4 Å². The molecule has 0 fully saturated rings. The van der Waals surface area contributed by atoms with Crippen LogP contribution >= 0.6 is 0 Å².